The molecule has 1 heterocycles. The fourth-order valence-electron chi connectivity index (χ4n) is 1.96. The zero-order valence-corrected chi connectivity index (χ0v) is 16.0. The van der Waals surface area contributed by atoms with E-state index < -0.39 is 21.4 Å². The van der Waals surface area contributed by atoms with Crippen molar-refractivity contribution < 1.29 is 23.1 Å². The number of carboxylic acids is 1. The first-order valence-electron chi connectivity index (χ1n) is 7.75. The number of aliphatic carboxylic acids is 1. The lowest BCUT2D eigenvalue weighted by atomic mass is 9.94. The number of rotatable bonds is 8. The smallest absolute Gasteiger partial charge is 0.310 e. The molecule has 0 unspecified atom stereocenters. The average Bonchev–Trinajstić information content (AvgIpc) is 3.10. The summed E-state index contributed by atoms with van der Waals surface area (Å²) in [6.07, 6.45) is 0.0770. The Morgan fingerprint density at radius 3 is 2.35 bits per heavy atom. The predicted molar refractivity (Wildman–Crippen MR) is 99.7 cm³/mol. The van der Waals surface area contributed by atoms with Gasteiger partial charge in [0, 0.05) is 12.2 Å². The lowest BCUT2D eigenvalue weighted by Gasteiger charge is -2.19. The molecule has 3 N–H and O–H groups in total. The standard InChI is InChI=1S/C17H20N2O5S2/c1-17(2,16(21)22)11-18-14(20)10-12-5-7-13(8-6-12)19-26(23,24)15-4-3-9-25-15/h3-9,19H,10-11H2,1-2H3,(H,18,20)(H,21,22). The van der Waals surface area contributed by atoms with E-state index in [1.54, 1.807) is 35.7 Å². The van der Waals surface area contributed by atoms with Crippen molar-refractivity contribution in [3.05, 3.63) is 47.3 Å². The topological polar surface area (TPSA) is 113 Å². The number of carbonyl (C=O) groups is 2. The summed E-state index contributed by atoms with van der Waals surface area (Å²) in [6, 6.07) is 9.63. The molecule has 0 aliphatic carbocycles. The summed E-state index contributed by atoms with van der Waals surface area (Å²) >= 11 is 1.12. The molecule has 0 fully saturated rings. The van der Waals surface area contributed by atoms with Crippen LogP contribution in [0.4, 0.5) is 5.69 Å². The molecule has 2 rings (SSSR count). The molecule has 0 saturated carbocycles. The van der Waals surface area contributed by atoms with Crippen molar-refractivity contribution in [2.75, 3.05) is 11.3 Å². The monoisotopic (exact) mass is 396 g/mol. The lowest BCUT2D eigenvalue weighted by Crippen LogP contribution is -2.39. The van der Waals surface area contributed by atoms with Crippen LogP contribution in [0.3, 0.4) is 0 Å². The molecule has 9 heteroatoms. The fraction of sp³-hybridized carbons (Fsp3) is 0.294. The van der Waals surface area contributed by atoms with E-state index in [1.807, 2.05) is 0 Å². The number of hydrogen-bond donors (Lipinski definition) is 3. The number of carboxylic acid groups (broad SMARTS) is 1. The molecular formula is C17H20N2O5S2. The van der Waals surface area contributed by atoms with Crippen molar-refractivity contribution in [3.8, 4) is 0 Å². The van der Waals surface area contributed by atoms with Crippen molar-refractivity contribution in [1.29, 1.82) is 0 Å². The Morgan fingerprint density at radius 2 is 1.81 bits per heavy atom. The van der Waals surface area contributed by atoms with Gasteiger partial charge in [-0.3, -0.25) is 14.3 Å². The number of nitrogens with one attached hydrogen (secondary N) is 2. The van der Waals surface area contributed by atoms with Crippen molar-refractivity contribution in [2.24, 2.45) is 5.41 Å². The maximum Gasteiger partial charge on any atom is 0.310 e. The van der Waals surface area contributed by atoms with Gasteiger partial charge in [0.15, 0.2) is 0 Å². The third-order valence-electron chi connectivity index (χ3n) is 3.64. The van der Waals surface area contributed by atoms with Crippen molar-refractivity contribution in [1.82, 2.24) is 5.32 Å². The molecule has 0 radical (unpaired) electrons. The van der Waals surface area contributed by atoms with Gasteiger partial charge in [0.25, 0.3) is 10.0 Å². The maximum absolute atomic E-state index is 12.1. The largest absolute Gasteiger partial charge is 0.481 e. The van der Waals surface area contributed by atoms with Gasteiger partial charge in [0.2, 0.25) is 5.91 Å². The summed E-state index contributed by atoms with van der Waals surface area (Å²) in [4.78, 5) is 23.0. The summed E-state index contributed by atoms with van der Waals surface area (Å²) in [7, 11) is -3.61. The van der Waals surface area contributed by atoms with Gasteiger partial charge in [-0.15, -0.1) is 11.3 Å². The highest BCUT2D eigenvalue weighted by molar-refractivity contribution is 7.94. The zero-order chi connectivity index (χ0) is 19.4. The summed E-state index contributed by atoms with van der Waals surface area (Å²) < 4.78 is 27.0. The number of benzene rings is 1. The van der Waals surface area contributed by atoms with Crippen molar-refractivity contribution in [2.45, 2.75) is 24.5 Å². The minimum atomic E-state index is -3.61. The third-order valence-corrected chi connectivity index (χ3v) is 6.42. The van der Waals surface area contributed by atoms with Gasteiger partial charge in [-0.25, -0.2) is 8.42 Å². The second-order valence-electron chi connectivity index (χ2n) is 6.38. The van der Waals surface area contributed by atoms with E-state index in [0.29, 0.717) is 11.3 Å². The molecule has 0 atom stereocenters. The Morgan fingerprint density at radius 1 is 1.15 bits per heavy atom. The van der Waals surface area contributed by atoms with E-state index in [0.717, 1.165) is 11.3 Å². The Hall–Kier alpha value is -2.39. The van der Waals surface area contributed by atoms with E-state index in [2.05, 4.69) is 10.0 Å². The minimum Gasteiger partial charge on any atom is -0.481 e. The van der Waals surface area contributed by atoms with Crippen LogP contribution in [0.15, 0.2) is 46.0 Å². The van der Waals surface area contributed by atoms with E-state index in [-0.39, 0.29) is 23.1 Å². The first kappa shape index (κ1) is 19.9. The molecule has 1 aromatic carbocycles. The average molecular weight is 396 g/mol. The quantitative estimate of drug-likeness (QED) is 0.634. The highest BCUT2D eigenvalue weighted by Crippen LogP contribution is 2.20. The molecule has 7 nitrogen and oxygen atoms in total. The van der Waals surface area contributed by atoms with Crippen LogP contribution in [0.1, 0.15) is 19.4 Å². The van der Waals surface area contributed by atoms with Gasteiger partial charge < -0.3 is 10.4 Å². The van der Waals surface area contributed by atoms with Crippen molar-refractivity contribution in [3.63, 3.8) is 0 Å². The summed E-state index contributed by atoms with van der Waals surface area (Å²) in [6.45, 7) is 3.09. The van der Waals surface area contributed by atoms with Crippen LogP contribution in [0.25, 0.3) is 0 Å². The molecule has 0 aliphatic rings. The summed E-state index contributed by atoms with van der Waals surface area (Å²) in [5, 5.41) is 13.3. The molecule has 2 aromatic rings. The molecule has 140 valence electrons. The number of thiophene rings is 1. The van der Waals surface area contributed by atoms with Gasteiger partial charge in [0.05, 0.1) is 11.8 Å². The first-order valence-corrected chi connectivity index (χ1v) is 10.1. The van der Waals surface area contributed by atoms with Crippen LogP contribution in [0.5, 0.6) is 0 Å². The van der Waals surface area contributed by atoms with Crippen LogP contribution >= 0.6 is 11.3 Å². The molecule has 0 spiro atoms. The highest BCUT2D eigenvalue weighted by atomic mass is 32.2. The number of hydrogen-bond acceptors (Lipinski definition) is 5. The van der Waals surface area contributed by atoms with Gasteiger partial charge in [0.1, 0.15) is 4.21 Å². The second kappa shape index (κ2) is 7.88. The number of amides is 1. The third kappa shape index (κ3) is 5.30. The summed E-state index contributed by atoms with van der Waals surface area (Å²) in [5.41, 5.74) is 0.0452. The zero-order valence-electron chi connectivity index (χ0n) is 14.4. The second-order valence-corrected chi connectivity index (χ2v) is 9.23. The molecule has 0 aliphatic heterocycles. The van der Waals surface area contributed by atoms with E-state index in [1.165, 1.54) is 19.9 Å². The summed E-state index contributed by atoms with van der Waals surface area (Å²) in [5.74, 6) is -1.29. The van der Waals surface area contributed by atoms with Crippen molar-refractivity contribution >= 4 is 38.9 Å². The van der Waals surface area contributed by atoms with Crippen LogP contribution in [-0.2, 0) is 26.0 Å². The van der Waals surface area contributed by atoms with Gasteiger partial charge in [-0.2, -0.15) is 0 Å². The van der Waals surface area contributed by atoms with E-state index in [4.69, 9.17) is 5.11 Å². The molecule has 1 amide bonds. The SMILES string of the molecule is CC(C)(CNC(=O)Cc1ccc(NS(=O)(=O)c2cccs2)cc1)C(=O)O. The van der Waals surface area contributed by atoms with E-state index >= 15 is 0 Å². The predicted octanol–water partition coefficient (Wildman–Crippen LogP) is 2.32. The Kier molecular flexibility index (Phi) is 6.04. The lowest BCUT2D eigenvalue weighted by molar-refractivity contribution is -0.146. The Balaban J connectivity index is 1.93. The van der Waals surface area contributed by atoms with Gasteiger partial charge in [-0.1, -0.05) is 18.2 Å². The molecule has 0 bridgehead atoms. The minimum absolute atomic E-state index is 0.0276. The fourth-order valence-corrected chi connectivity index (χ4v) is 4.01. The van der Waals surface area contributed by atoms with Gasteiger partial charge >= 0.3 is 5.97 Å². The molecule has 26 heavy (non-hydrogen) atoms. The van der Waals surface area contributed by atoms with Gasteiger partial charge in [-0.05, 0) is 43.0 Å². The first-order chi connectivity index (χ1) is 12.1. The Bertz CT molecular complexity index is 872. The van der Waals surface area contributed by atoms with Crippen LogP contribution in [0.2, 0.25) is 0 Å². The number of anilines is 1. The molecular weight excluding hydrogens is 376 g/mol. The van der Waals surface area contributed by atoms with Crippen LogP contribution in [-0.4, -0.2) is 31.9 Å². The Labute approximate surface area is 156 Å². The number of sulfonamides is 1. The molecule has 1 aromatic heterocycles. The van der Waals surface area contributed by atoms with E-state index in [9.17, 15) is 18.0 Å². The maximum atomic E-state index is 12.1. The normalized spacial score (nSPS) is 11.8. The molecule has 0 saturated heterocycles. The van der Waals surface area contributed by atoms with Crippen LogP contribution < -0.4 is 10.0 Å². The highest BCUT2D eigenvalue weighted by Gasteiger charge is 2.27. The number of carbonyl (C=O) groups excluding carboxylic acids is 1. The van der Waals surface area contributed by atoms with Crippen LogP contribution in [0, 0.1) is 5.41 Å².